The molecule has 0 amide bonds. The molecule has 2 aromatic heterocycles. The third-order valence-electron chi connectivity index (χ3n) is 6.55. The molecule has 8 nitrogen and oxygen atoms in total. The summed E-state index contributed by atoms with van der Waals surface area (Å²) in [7, 11) is 0. The molecule has 2 aliphatic rings. The lowest BCUT2D eigenvalue weighted by Gasteiger charge is -2.32. The van der Waals surface area contributed by atoms with E-state index in [-0.39, 0.29) is 17.6 Å². The molecule has 0 bridgehead atoms. The Bertz CT molecular complexity index is 939. The van der Waals surface area contributed by atoms with E-state index < -0.39 is 10.5 Å². The van der Waals surface area contributed by atoms with Crippen molar-refractivity contribution in [3.05, 3.63) is 50.7 Å². The number of hydrogen-bond acceptors (Lipinski definition) is 6. The summed E-state index contributed by atoms with van der Waals surface area (Å²) >= 11 is 5.99. The molecule has 168 valence electrons. The van der Waals surface area contributed by atoms with E-state index >= 15 is 0 Å². The van der Waals surface area contributed by atoms with Crippen molar-refractivity contribution in [3.8, 4) is 0 Å². The number of nitro groups is 1. The maximum atomic E-state index is 10.9. The van der Waals surface area contributed by atoms with Gasteiger partial charge in [-0.25, -0.2) is 0 Å². The maximum absolute atomic E-state index is 10.9. The van der Waals surface area contributed by atoms with Crippen molar-refractivity contribution in [2.75, 3.05) is 13.1 Å². The number of halogens is 1. The van der Waals surface area contributed by atoms with Gasteiger partial charge in [-0.15, -0.1) is 0 Å². The number of nitrogens with zero attached hydrogens (tertiary/aromatic N) is 5. The molecule has 0 saturated heterocycles. The largest absolute Gasteiger partial charge is 0.388 e. The summed E-state index contributed by atoms with van der Waals surface area (Å²) in [6.07, 6.45) is 9.22. The second-order valence-corrected chi connectivity index (χ2v) is 9.54. The highest BCUT2D eigenvalue weighted by molar-refractivity contribution is 6.28. The Kier molecular flexibility index (Phi) is 6.60. The summed E-state index contributed by atoms with van der Waals surface area (Å²) in [6, 6.07) is 4.45. The number of rotatable bonds is 7. The van der Waals surface area contributed by atoms with Crippen molar-refractivity contribution >= 4 is 17.4 Å². The van der Waals surface area contributed by atoms with Gasteiger partial charge in [-0.3, -0.25) is 14.5 Å². The second kappa shape index (κ2) is 9.22. The van der Waals surface area contributed by atoms with Crippen LogP contribution < -0.4 is 0 Å². The van der Waals surface area contributed by atoms with Crippen LogP contribution in [-0.2, 0) is 19.5 Å². The number of fused-ring (bicyclic) bond motifs is 1. The van der Waals surface area contributed by atoms with Crippen LogP contribution in [0.15, 0.2) is 18.3 Å². The molecule has 31 heavy (non-hydrogen) atoms. The highest BCUT2D eigenvalue weighted by Gasteiger charge is 2.28. The van der Waals surface area contributed by atoms with Gasteiger partial charge >= 0.3 is 11.1 Å². The van der Waals surface area contributed by atoms with Crippen LogP contribution in [0.5, 0.6) is 0 Å². The molecule has 3 heterocycles. The maximum Gasteiger partial charge on any atom is 0.383 e. The summed E-state index contributed by atoms with van der Waals surface area (Å²) in [6.45, 7) is 4.36. The normalized spacial score (nSPS) is 19.7. The topological polar surface area (TPSA) is 97.3 Å². The standard InChI is InChI=1S/C22H30ClN5O3/c1-22(29,15-27-14-20(28(30)31)25-21(27)23)10-12-26-11-9-19-17(13-26)7-8-18(24-19)16-5-3-2-4-6-16/h7-8,14,16,29H,2-6,9-13,15H2,1H3. The Morgan fingerprint density at radius 3 is 2.77 bits per heavy atom. The lowest BCUT2D eigenvalue weighted by molar-refractivity contribution is -0.389. The number of hydrogen-bond donors (Lipinski definition) is 1. The molecule has 1 atom stereocenters. The molecule has 1 aliphatic carbocycles. The first-order valence-corrected chi connectivity index (χ1v) is 11.5. The minimum atomic E-state index is -1.05. The minimum Gasteiger partial charge on any atom is -0.388 e. The lowest BCUT2D eigenvalue weighted by atomic mass is 9.86. The van der Waals surface area contributed by atoms with Gasteiger partial charge in [0.1, 0.15) is 6.20 Å². The zero-order valence-corrected chi connectivity index (χ0v) is 18.7. The third kappa shape index (κ3) is 5.42. The number of imidazole rings is 1. The molecule has 1 N–H and O–H groups in total. The highest BCUT2D eigenvalue weighted by atomic mass is 35.5. The highest BCUT2D eigenvalue weighted by Crippen LogP contribution is 2.32. The van der Waals surface area contributed by atoms with Gasteiger partial charge in [-0.1, -0.05) is 25.3 Å². The summed E-state index contributed by atoms with van der Waals surface area (Å²) in [5.74, 6) is 0.312. The summed E-state index contributed by atoms with van der Waals surface area (Å²) < 4.78 is 1.43. The smallest absolute Gasteiger partial charge is 0.383 e. The molecule has 0 aromatic carbocycles. The molecule has 0 spiro atoms. The Morgan fingerprint density at radius 2 is 2.06 bits per heavy atom. The lowest BCUT2D eigenvalue weighted by Crippen LogP contribution is -2.38. The fourth-order valence-electron chi connectivity index (χ4n) is 4.73. The van der Waals surface area contributed by atoms with E-state index in [1.807, 2.05) is 0 Å². The Labute approximate surface area is 187 Å². The van der Waals surface area contributed by atoms with Gasteiger partial charge in [0.25, 0.3) is 0 Å². The second-order valence-electron chi connectivity index (χ2n) is 9.20. The quantitative estimate of drug-likeness (QED) is 0.507. The van der Waals surface area contributed by atoms with Gasteiger partial charge in [0.2, 0.25) is 0 Å². The monoisotopic (exact) mass is 447 g/mol. The molecule has 1 fully saturated rings. The number of aromatic nitrogens is 3. The summed E-state index contributed by atoms with van der Waals surface area (Å²) in [5.41, 5.74) is 2.71. The van der Waals surface area contributed by atoms with Gasteiger partial charge < -0.3 is 15.2 Å². The van der Waals surface area contributed by atoms with Gasteiger partial charge in [-0.05, 0) is 59.3 Å². The Hall–Kier alpha value is -2.03. The van der Waals surface area contributed by atoms with Crippen LogP contribution in [0.25, 0.3) is 0 Å². The average molecular weight is 448 g/mol. The molecule has 4 rings (SSSR count). The first-order valence-electron chi connectivity index (χ1n) is 11.1. The van der Waals surface area contributed by atoms with E-state index in [9.17, 15) is 15.2 Å². The third-order valence-corrected chi connectivity index (χ3v) is 6.85. The molecule has 0 radical (unpaired) electrons. The summed E-state index contributed by atoms with van der Waals surface area (Å²) in [4.78, 5) is 21.3. The van der Waals surface area contributed by atoms with Gasteiger partial charge in [0.05, 0.1) is 12.1 Å². The zero-order valence-electron chi connectivity index (χ0n) is 18.0. The van der Waals surface area contributed by atoms with Crippen LogP contribution in [-0.4, -0.2) is 48.2 Å². The molecule has 1 aliphatic heterocycles. The molecule has 1 unspecified atom stereocenters. The van der Waals surface area contributed by atoms with E-state index in [1.54, 1.807) is 6.92 Å². The van der Waals surface area contributed by atoms with Crippen molar-refractivity contribution in [2.45, 2.75) is 76.5 Å². The van der Waals surface area contributed by atoms with E-state index in [0.717, 1.165) is 26.1 Å². The molecule has 2 aromatic rings. The van der Waals surface area contributed by atoms with E-state index in [2.05, 4.69) is 22.0 Å². The van der Waals surface area contributed by atoms with Crippen molar-refractivity contribution in [2.24, 2.45) is 0 Å². The molecule has 9 heteroatoms. The van der Waals surface area contributed by atoms with E-state index in [1.165, 1.54) is 59.8 Å². The van der Waals surface area contributed by atoms with Crippen molar-refractivity contribution in [1.29, 1.82) is 0 Å². The van der Waals surface area contributed by atoms with Crippen molar-refractivity contribution in [1.82, 2.24) is 19.4 Å². The summed E-state index contributed by atoms with van der Waals surface area (Å²) in [5, 5.41) is 21.7. The first-order chi connectivity index (χ1) is 14.8. The van der Waals surface area contributed by atoms with Crippen molar-refractivity contribution < 1.29 is 10.0 Å². The van der Waals surface area contributed by atoms with Crippen LogP contribution in [0.2, 0.25) is 5.28 Å². The zero-order chi connectivity index (χ0) is 22.0. The Morgan fingerprint density at radius 1 is 1.29 bits per heavy atom. The molecule has 1 saturated carbocycles. The SMILES string of the molecule is CC(O)(CCN1CCc2nc(C3CCCCC3)ccc2C1)Cn1cc([N+](=O)[O-])nc1Cl. The van der Waals surface area contributed by atoms with E-state index in [0.29, 0.717) is 12.3 Å². The predicted molar refractivity (Wildman–Crippen MR) is 118 cm³/mol. The molecular weight excluding hydrogens is 418 g/mol. The fraction of sp³-hybridized carbons (Fsp3) is 0.636. The van der Waals surface area contributed by atoms with Gasteiger partial charge in [0, 0.05) is 43.4 Å². The van der Waals surface area contributed by atoms with E-state index in [4.69, 9.17) is 16.6 Å². The van der Waals surface area contributed by atoms with Gasteiger partial charge in [-0.2, -0.15) is 0 Å². The first kappa shape index (κ1) is 22.2. The van der Waals surface area contributed by atoms with Crippen LogP contribution in [0, 0.1) is 10.1 Å². The van der Waals surface area contributed by atoms with Crippen LogP contribution >= 0.6 is 11.6 Å². The minimum absolute atomic E-state index is 0.0127. The van der Waals surface area contributed by atoms with Crippen LogP contribution in [0.4, 0.5) is 5.82 Å². The molecular formula is C22H30ClN5O3. The predicted octanol–water partition coefficient (Wildman–Crippen LogP) is 4.09. The van der Waals surface area contributed by atoms with Crippen LogP contribution in [0.1, 0.15) is 68.3 Å². The van der Waals surface area contributed by atoms with Crippen molar-refractivity contribution in [3.63, 3.8) is 0 Å². The van der Waals surface area contributed by atoms with Crippen LogP contribution in [0.3, 0.4) is 0 Å². The Balaban J connectivity index is 1.33. The average Bonchev–Trinajstić information content (AvgIpc) is 3.12. The van der Waals surface area contributed by atoms with Gasteiger partial charge in [0.15, 0.2) is 0 Å². The number of pyridine rings is 1. The number of aliphatic hydroxyl groups is 1. The fourth-order valence-corrected chi connectivity index (χ4v) is 4.93.